The number of nitrogens with one attached hydrogen (secondary N) is 2. The highest BCUT2D eigenvalue weighted by Gasteiger charge is 2.25. The van der Waals surface area contributed by atoms with Gasteiger partial charge in [0.1, 0.15) is 5.75 Å². The molecule has 152 valence electrons. The van der Waals surface area contributed by atoms with Crippen molar-refractivity contribution in [1.82, 2.24) is 20.2 Å². The minimum absolute atomic E-state index is 0.0249. The number of pyridine rings is 1. The highest BCUT2D eigenvalue weighted by molar-refractivity contribution is 5.83. The van der Waals surface area contributed by atoms with Gasteiger partial charge in [-0.3, -0.25) is 4.98 Å². The van der Waals surface area contributed by atoms with Crippen LogP contribution in [0.1, 0.15) is 41.1 Å². The number of fused-ring (bicyclic) bond motifs is 1. The molecule has 0 atom stereocenters. The predicted octanol–water partition coefficient (Wildman–Crippen LogP) is 4.28. The van der Waals surface area contributed by atoms with Crippen molar-refractivity contribution < 1.29 is 9.53 Å². The molecule has 1 fully saturated rings. The Bertz CT molecular complexity index is 1020. The number of hydrogen-bond donors (Lipinski definition) is 2. The first-order chi connectivity index (χ1) is 14.1. The molecule has 0 spiro atoms. The average Bonchev–Trinajstić information content (AvgIpc) is 3.18. The fourth-order valence-electron chi connectivity index (χ4n) is 4.35. The van der Waals surface area contributed by atoms with E-state index in [-0.39, 0.29) is 6.03 Å². The van der Waals surface area contributed by atoms with E-state index in [1.165, 1.54) is 16.5 Å². The summed E-state index contributed by atoms with van der Waals surface area (Å²) in [5.74, 6) is 1.32. The Kier molecular flexibility index (Phi) is 5.43. The number of urea groups is 1. The van der Waals surface area contributed by atoms with Gasteiger partial charge in [-0.1, -0.05) is 18.2 Å². The molecule has 0 unspecified atom stereocenters. The van der Waals surface area contributed by atoms with Crippen LogP contribution in [0.25, 0.3) is 10.9 Å². The van der Waals surface area contributed by atoms with Crippen molar-refractivity contribution in [2.75, 3.05) is 20.2 Å². The van der Waals surface area contributed by atoms with Crippen LogP contribution in [-0.4, -0.2) is 41.1 Å². The molecule has 2 amide bonds. The molecule has 0 saturated carbocycles. The van der Waals surface area contributed by atoms with Crippen molar-refractivity contribution in [2.24, 2.45) is 0 Å². The number of benzene rings is 1. The molecule has 29 heavy (non-hydrogen) atoms. The number of carbonyl (C=O) groups excluding carboxylic acids is 1. The summed E-state index contributed by atoms with van der Waals surface area (Å²) < 4.78 is 5.45. The Morgan fingerprint density at radius 1 is 1.28 bits per heavy atom. The van der Waals surface area contributed by atoms with Gasteiger partial charge in [0.25, 0.3) is 0 Å². The zero-order valence-corrected chi connectivity index (χ0v) is 17.3. The maximum absolute atomic E-state index is 12.7. The lowest BCUT2D eigenvalue weighted by Crippen LogP contribution is -2.44. The van der Waals surface area contributed by atoms with Crippen LogP contribution in [0.5, 0.6) is 5.75 Å². The number of para-hydroxylation sites is 1. The molecule has 0 aliphatic carbocycles. The van der Waals surface area contributed by atoms with E-state index in [1.54, 1.807) is 13.3 Å². The number of ether oxygens (including phenoxy) is 1. The Morgan fingerprint density at radius 3 is 2.79 bits per heavy atom. The molecule has 1 aliphatic heterocycles. The van der Waals surface area contributed by atoms with Gasteiger partial charge in [0.2, 0.25) is 0 Å². The van der Waals surface area contributed by atoms with E-state index in [4.69, 9.17) is 4.74 Å². The summed E-state index contributed by atoms with van der Waals surface area (Å²) >= 11 is 0. The molecule has 6 heteroatoms. The third-order valence-electron chi connectivity index (χ3n) is 6.00. The lowest BCUT2D eigenvalue weighted by molar-refractivity contribution is 0.181. The first-order valence-electron chi connectivity index (χ1n) is 10.2. The van der Waals surface area contributed by atoms with E-state index in [9.17, 15) is 4.79 Å². The lowest BCUT2D eigenvalue weighted by Gasteiger charge is -2.32. The van der Waals surface area contributed by atoms with Crippen LogP contribution in [0.3, 0.4) is 0 Å². The zero-order valence-electron chi connectivity index (χ0n) is 17.3. The molecule has 4 rings (SSSR count). The number of likely N-dealkylation sites (tertiary alicyclic amines) is 1. The molecular weight excluding hydrogens is 364 g/mol. The Balaban J connectivity index is 1.35. The standard InChI is InChI=1S/C23H28N4O2/c1-15-12-24-21(16(2)22(15)29-3)14-26-23(28)27-10-8-17(9-11-27)19-13-25-20-7-5-4-6-18(19)20/h4-7,12-13,17,25H,8-11,14H2,1-3H3,(H,26,28). The minimum atomic E-state index is -0.0249. The summed E-state index contributed by atoms with van der Waals surface area (Å²) in [5.41, 5.74) is 5.37. The van der Waals surface area contributed by atoms with E-state index in [0.717, 1.165) is 48.5 Å². The van der Waals surface area contributed by atoms with Gasteiger partial charge in [0.15, 0.2) is 0 Å². The summed E-state index contributed by atoms with van der Waals surface area (Å²) in [6.07, 6.45) is 5.88. The van der Waals surface area contributed by atoms with E-state index >= 15 is 0 Å². The number of amides is 2. The zero-order chi connectivity index (χ0) is 20.4. The quantitative estimate of drug-likeness (QED) is 0.696. The van der Waals surface area contributed by atoms with E-state index < -0.39 is 0 Å². The number of aryl methyl sites for hydroxylation is 1. The second-order valence-electron chi connectivity index (χ2n) is 7.76. The van der Waals surface area contributed by atoms with E-state index in [1.807, 2.05) is 18.7 Å². The number of aromatic amines is 1. The third kappa shape index (κ3) is 3.79. The molecule has 3 heterocycles. The van der Waals surface area contributed by atoms with Crippen LogP contribution in [-0.2, 0) is 6.54 Å². The van der Waals surface area contributed by atoms with Crippen LogP contribution in [0, 0.1) is 13.8 Å². The topological polar surface area (TPSA) is 70.2 Å². The van der Waals surface area contributed by atoms with Gasteiger partial charge in [0, 0.05) is 47.5 Å². The molecule has 2 aromatic heterocycles. The number of H-pyrrole nitrogens is 1. The first kappa shape index (κ1) is 19.3. The van der Waals surface area contributed by atoms with Crippen LogP contribution >= 0.6 is 0 Å². The van der Waals surface area contributed by atoms with Crippen LogP contribution < -0.4 is 10.1 Å². The largest absolute Gasteiger partial charge is 0.496 e. The van der Waals surface area contributed by atoms with Crippen molar-refractivity contribution in [3.8, 4) is 5.75 Å². The summed E-state index contributed by atoms with van der Waals surface area (Å²) in [4.78, 5) is 22.4. The maximum atomic E-state index is 12.7. The number of piperidine rings is 1. The molecule has 1 saturated heterocycles. The molecule has 1 aliphatic rings. The predicted molar refractivity (Wildman–Crippen MR) is 114 cm³/mol. The van der Waals surface area contributed by atoms with Gasteiger partial charge in [-0.2, -0.15) is 0 Å². The number of hydrogen-bond acceptors (Lipinski definition) is 3. The Morgan fingerprint density at radius 2 is 2.03 bits per heavy atom. The lowest BCUT2D eigenvalue weighted by atomic mass is 9.89. The fraction of sp³-hybridized carbons (Fsp3) is 0.391. The first-order valence-corrected chi connectivity index (χ1v) is 10.2. The molecule has 0 radical (unpaired) electrons. The van der Waals surface area contributed by atoms with Crippen LogP contribution in [0.2, 0.25) is 0 Å². The molecule has 2 N–H and O–H groups in total. The molecule has 6 nitrogen and oxygen atoms in total. The van der Waals surface area contributed by atoms with E-state index in [2.05, 4.69) is 45.7 Å². The molecule has 3 aromatic rings. The average molecular weight is 393 g/mol. The summed E-state index contributed by atoms with van der Waals surface area (Å²) in [6.45, 7) is 5.88. The van der Waals surface area contributed by atoms with Crippen molar-refractivity contribution in [3.63, 3.8) is 0 Å². The minimum Gasteiger partial charge on any atom is -0.496 e. The normalized spacial score (nSPS) is 14.9. The molecule has 0 bridgehead atoms. The summed E-state index contributed by atoms with van der Waals surface area (Å²) in [5, 5.41) is 4.32. The smallest absolute Gasteiger partial charge is 0.317 e. The maximum Gasteiger partial charge on any atom is 0.317 e. The third-order valence-corrected chi connectivity index (χ3v) is 6.00. The van der Waals surface area contributed by atoms with Gasteiger partial charge in [-0.05, 0) is 44.2 Å². The van der Waals surface area contributed by atoms with Crippen molar-refractivity contribution in [1.29, 1.82) is 0 Å². The number of methoxy groups -OCH3 is 1. The monoisotopic (exact) mass is 392 g/mol. The van der Waals surface area contributed by atoms with Crippen LogP contribution in [0.4, 0.5) is 4.79 Å². The van der Waals surface area contributed by atoms with Crippen molar-refractivity contribution in [3.05, 3.63) is 59.0 Å². The highest BCUT2D eigenvalue weighted by atomic mass is 16.5. The number of nitrogens with zero attached hydrogens (tertiary/aromatic N) is 2. The SMILES string of the molecule is COc1c(C)cnc(CNC(=O)N2CCC(c3c[nH]c4ccccc34)CC2)c1C. The van der Waals surface area contributed by atoms with Gasteiger partial charge in [-0.25, -0.2) is 4.79 Å². The molecule has 1 aromatic carbocycles. The second kappa shape index (κ2) is 8.15. The second-order valence-corrected chi connectivity index (χ2v) is 7.76. The van der Waals surface area contributed by atoms with Crippen LogP contribution in [0.15, 0.2) is 36.7 Å². The molecular formula is C23H28N4O2. The summed E-state index contributed by atoms with van der Waals surface area (Å²) in [6, 6.07) is 8.39. The van der Waals surface area contributed by atoms with Gasteiger partial charge in [0.05, 0.1) is 19.3 Å². The van der Waals surface area contributed by atoms with Gasteiger partial charge < -0.3 is 19.9 Å². The summed E-state index contributed by atoms with van der Waals surface area (Å²) in [7, 11) is 1.66. The number of carbonyl (C=O) groups is 1. The van der Waals surface area contributed by atoms with E-state index in [0.29, 0.717) is 12.5 Å². The Hall–Kier alpha value is -3.02. The van der Waals surface area contributed by atoms with Crippen molar-refractivity contribution >= 4 is 16.9 Å². The number of rotatable bonds is 4. The van der Waals surface area contributed by atoms with Gasteiger partial charge >= 0.3 is 6.03 Å². The number of aromatic nitrogens is 2. The fourth-order valence-corrected chi connectivity index (χ4v) is 4.35. The Labute approximate surface area is 171 Å². The van der Waals surface area contributed by atoms with Gasteiger partial charge in [-0.15, -0.1) is 0 Å². The van der Waals surface area contributed by atoms with Crippen molar-refractivity contribution in [2.45, 2.75) is 39.2 Å². The highest BCUT2D eigenvalue weighted by Crippen LogP contribution is 2.33.